The summed E-state index contributed by atoms with van der Waals surface area (Å²) >= 11 is 0. The molecule has 0 N–H and O–H groups in total. The summed E-state index contributed by atoms with van der Waals surface area (Å²) in [6, 6.07) is 15.2. The van der Waals surface area contributed by atoms with E-state index in [0.717, 1.165) is 38.5 Å². The Labute approximate surface area is 187 Å². The summed E-state index contributed by atoms with van der Waals surface area (Å²) in [6.07, 6.45) is 6.35. The molecule has 0 aliphatic carbocycles. The zero-order valence-corrected chi connectivity index (χ0v) is 19.4. The predicted molar refractivity (Wildman–Crippen MR) is 124 cm³/mol. The third kappa shape index (κ3) is 8.56. The van der Waals surface area contributed by atoms with Gasteiger partial charge in [0.2, 0.25) is 0 Å². The Hall–Kier alpha value is -2.62. The van der Waals surface area contributed by atoms with Crippen molar-refractivity contribution in [2.45, 2.75) is 84.8 Å². The average molecular weight is 425 g/mol. The molecule has 0 bridgehead atoms. The van der Waals surface area contributed by atoms with Gasteiger partial charge in [-0.3, -0.25) is 0 Å². The molecule has 2 atom stereocenters. The van der Waals surface area contributed by atoms with Crippen LogP contribution in [0, 0.1) is 0 Å². The van der Waals surface area contributed by atoms with Crippen molar-refractivity contribution in [2.75, 3.05) is 0 Å². The maximum Gasteiger partial charge on any atom is 0.338 e. The summed E-state index contributed by atoms with van der Waals surface area (Å²) in [5.41, 5.74) is 3.54. The minimum atomic E-state index is -0.355. The van der Waals surface area contributed by atoms with E-state index in [1.165, 1.54) is 11.1 Å². The molecule has 0 aromatic heterocycles. The van der Waals surface area contributed by atoms with E-state index in [-0.39, 0.29) is 24.1 Å². The Morgan fingerprint density at radius 2 is 1.03 bits per heavy atom. The Bertz CT molecular complexity index is 739. The maximum atomic E-state index is 12.4. The van der Waals surface area contributed by atoms with Crippen LogP contribution in [-0.4, -0.2) is 24.1 Å². The van der Waals surface area contributed by atoms with E-state index >= 15 is 0 Å². The first-order valence-electron chi connectivity index (χ1n) is 11.5. The van der Waals surface area contributed by atoms with Crippen molar-refractivity contribution < 1.29 is 19.1 Å². The fourth-order valence-electron chi connectivity index (χ4n) is 3.44. The van der Waals surface area contributed by atoms with E-state index < -0.39 is 0 Å². The number of benzene rings is 2. The molecule has 0 unspecified atom stereocenters. The second-order valence-electron chi connectivity index (χ2n) is 8.27. The quantitative estimate of drug-likeness (QED) is 0.362. The summed E-state index contributed by atoms with van der Waals surface area (Å²) in [5, 5.41) is 0. The molecule has 4 nitrogen and oxygen atoms in total. The summed E-state index contributed by atoms with van der Waals surface area (Å²) in [5.74, 6) is -0.702. The zero-order valence-electron chi connectivity index (χ0n) is 19.4. The van der Waals surface area contributed by atoms with Gasteiger partial charge in [0.25, 0.3) is 0 Å². The molecule has 0 spiro atoms. The lowest BCUT2D eigenvalue weighted by Crippen LogP contribution is -2.23. The molecule has 168 valence electrons. The monoisotopic (exact) mass is 424 g/mol. The summed E-state index contributed by atoms with van der Waals surface area (Å²) in [6.45, 7) is 7.96. The molecule has 0 radical (unpaired) electrons. The molecule has 0 aliphatic rings. The van der Waals surface area contributed by atoms with E-state index in [4.69, 9.17) is 9.47 Å². The number of rotatable bonds is 12. The van der Waals surface area contributed by atoms with Crippen LogP contribution in [0.5, 0.6) is 0 Å². The number of hydrogen-bond donors (Lipinski definition) is 0. The fraction of sp³-hybridized carbons (Fsp3) is 0.481. The highest BCUT2D eigenvalue weighted by Gasteiger charge is 2.18. The maximum absolute atomic E-state index is 12.4. The van der Waals surface area contributed by atoms with Crippen LogP contribution in [0.2, 0.25) is 0 Å². The molecule has 0 saturated carbocycles. The van der Waals surface area contributed by atoms with Gasteiger partial charge in [0, 0.05) is 6.42 Å². The summed E-state index contributed by atoms with van der Waals surface area (Å²) in [7, 11) is 0. The van der Waals surface area contributed by atoms with E-state index in [0.29, 0.717) is 17.5 Å². The third-order valence-electron chi connectivity index (χ3n) is 5.30. The SMILES string of the molecule is CCCCc1ccc(C(=O)O[C@H](C)C[C@H](C)OC(=O)c2ccc(CCCC)cc2)cc1. The van der Waals surface area contributed by atoms with Crippen molar-refractivity contribution in [3.05, 3.63) is 70.8 Å². The van der Waals surface area contributed by atoms with Crippen LogP contribution in [0.15, 0.2) is 48.5 Å². The van der Waals surface area contributed by atoms with E-state index in [1.54, 1.807) is 0 Å². The highest BCUT2D eigenvalue weighted by atomic mass is 16.6. The van der Waals surface area contributed by atoms with Gasteiger partial charge in [0.1, 0.15) is 12.2 Å². The smallest absolute Gasteiger partial charge is 0.338 e. The number of ether oxygens (including phenoxy) is 2. The number of esters is 2. The van der Waals surface area contributed by atoms with Crippen molar-refractivity contribution >= 4 is 11.9 Å². The average Bonchev–Trinajstić information content (AvgIpc) is 2.76. The Morgan fingerprint density at radius 3 is 1.35 bits per heavy atom. The van der Waals surface area contributed by atoms with E-state index in [2.05, 4.69) is 13.8 Å². The van der Waals surface area contributed by atoms with Gasteiger partial charge < -0.3 is 9.47 Å². The van der Waals surface area contributed by atoms with Crippen molar-refractivity contribution in [2.24, 2.45) is 0 Å². The molecule has 2 aromatic carbocycles. The number of hydrogen-bond acceptors (Lipinski definition) is 4. The Morgan fingerprint density at radius 1 is 0.677 bits per heavy atom. The first-order chi connectivity index (χ1) is 14.9. The standard InChI is InChI=1S/C27H36O4/c1-5-7-9-22-11-15-24(16-12-22)26(28)30-20(3)19-21(4)31-27(29)25-17-13-23(14-18-25)10-8-6-2/h11-18,20-21H,5-10,19H2,1-4H3/t20-,21+. The molecule has 0 fully saturated rings. The lowest BCUT2D eigenvalue weighted by molar-refractivity contribution is 0.00764. The van der Waals surface area contributed by atoms with Crippen molar-refractivity contribution in [1.82, 2.24) is 0 Å². The van der Waals surface area contributed by atoms with Crippen molar-refractivity contribution in [1.29, 1.82) is 0 Å². The minimum absolute atomic E-state index is 0.351. The summed E-state index contributed by atoms with van der Waals surface area (Å²) in [4.78, 5) is 24.8. The van der Waals surface area contributed by atoms with E-state index in [1.807, 2.05) is 62.4 Å². The van der Waals surface area contributed by atoms with Gasteiger partial charge in [0.15, 0.2) is 0 Å². The fourth-order valence-corrected chi connectivity index (χ4v) is 3.44. The molecule has 0 saturated heterocycles. The Kier molecular flexibility index (Phi) is 10.3. The predicted octanol–water partition coefficient (Wildman–Crippen LogP) is 6.55. The number of carbonyl (C=O) groups excluding carboxylic acids is 2. The van der Waals surface area contributed by atoms with Gasteiger partial charge in [-0.05, 0) is 74.9 Å². The van der Waals surface area contributed by atoms with Gasteiger partial charge in [0.05, 0.1) is 11.1 Å². The molecule has 2 rings (SSSR count). The van der Waals surface area contributed by atoms with Gasteiger partial charge in [-0.2, -0.15) is 0 Å². The normalized spacial score (nSPS) is 12.8. The largest absolute Gasteiger partial charge is 0.459 e. The molecule has 0 amide bonds. The van der Waals surface area contributed by atoms with Crippen LogP contribution < -0.4 is 0 Å². The molecule has 2 aromatic rings. The van der Waals surface area contributed by atoms with Crippen LogP contribution in [0.1, 0.15) is 91.6 Å². The first kappa shape index (κ1) is 24.6. The molecule has 31 heavy (non-hydrogen) atoms. The zero-order chi connectivity index (χ0) is 22.6. The van der Waals surface area contributed by atoms with Crippen LogP contribution >= 0.6 is 0 Å². The highest BCUT2D eigenvalue weighted by molar-refractivity contribution is 5.90. The van der Waals surface area contributed by atoms with Crippen LogP contribution in [-0.2, 0) is 22.3 Å². The Balaban J connectivity index is 1.79. The van der Waals surface area contributed by atoms with Gasteiger partial charge in [-0.15, -0.1) is 0 Å². The molecular formula is C27H36O4. The first-order valence-corrected chi connectivity index (χ1v) is 11.5. The third-order valence-corrected chi connectivity index (χ3v) is 5.30. The molecule has 4 heteroatoms. The second kappa shape index (κ2) is 12.9. The second-order valence-corrected chi connectivity index (χ2v) is 8.27. The van der Waals surface area contributed by atoms with Gasteiger partial charge in [-0.25, -0.2) is 9.59 Å². The van der Waals surface area contributed by atoms with Gasteiger partial charge >= 0.3 is 11.9 Å². The highest BCUT2D eigenvalue weighted by Crippen LogP contribution is 2.14. The minimum Gasteiger partial charge on any atom is -0.459 e. The topological polar surface area (TPSA) is 52.6 Å². The number of carbonyl (C=O) groups is 2. The van der Waals surface area contributed by atoms with Crippen LogP contribution in [0.4, 0.5) is 0 Å². The van der Waals surface area contributed by atoms with Crippen molar-refractivity contribution in [3.8, 4) is 0 Å². The lowest BCUT2D eigenvalue weighted by atomic mass is 10.1. The molecular weight excluding hydrogens is 388 g/mol. The number of aryl methyl sites for hydroxylation is 2. The van der Waals surface area contributed by atoms with Crippen molar-refractivity contribution in [3.63, 3.8) is 0 Å². The summed E-state index contributed by atoms with van der Waals surface area (Å²) < 4.78 is 11.1. The number of unbranched alkanes of at least 4 members (excludes halogenated alkanes) is 2. The lowest BCUT2D eigenvalue weighted by Gasteiger charge is -2.19. The van der Waals surface area contributed by atoms with Crippen LogP contribution in [0.25, 0.3) is 0 Å². The van der Waals surface area contributed by atoms with E-state index in [9.17, 15) is 9.59 Å². The van der Waals surface area contributed by atoms with Gasteiger partial charge in [-0.1, -0.05) is 51.0 Å². The molecule has 0 heterocycles. The van der Waals surface area contributed by atoms with Crippen LogP contribution in [0.3, 0.4) is 0 Å². The molecule has 0 aliphatic heterocycles.